The van der Waals surface area contributed by atoms with Gasteiger partial charge >= 0.3 is 0 Å². The number of aromatic nitrogens is 2. The van der Waals surface area contributed by atoms with Gasteiger partial charge < -0.3 is 14.4 Å². The van der Waals surface area contributed by atoms with Crippen molar-refractivity contribution in [2.24, 2.45) is 17.3 Å². The van der Waals surface area contributed by atoms with E-state index >= 15 is 0 Å². The average molecular weight is 336 g/mol. The molecule has 0 bridgehead atoms. The van der Waals surface area contributed by atoms with Crippen LogP contribution < -0.4 is 4.90 Å². The summed E-state index contributed by atoms with van der Waals surface area (Å²) in [4.78, 5) is 8.91. The lowest BCUT2D eigenvalue weighted by molar-refractivity contribution is 0.416. The number of likely N-dealkylation sites (N-methyl/N-ethyl adjacent to an activating group) is 2. The molecule has 0 atom stereocenters. The largest absolute Gasteiger partial charge is 0.373 e. The Balaban J connectivity index is 1.72. The molecule has 0 fully saturated rings. The van der Waals surface area contributed by atoms with Gasteiger partial charge in [0, 0.05) is 32.9 Å². The molecule has 0 saturated carbocycles. The van der Waals surface area contributed by atoms with E-state index in [-0.39, 0.29) is 0 Å². The summed E-state index contributed by atoms with van der Waals surface area (Å²) in [5, 5.41) is 8.63. The predicted octanol–water partition coefficient (Wildman–Crippen LogP) is 3.99. The molecule has 1 aromatic heterocycles. The van der Waals surface area contributed by atoms with Crippen molar-refractivity contribution in [1.82, 2.24) is 14.5 Å². The molecule has 0 radical (unpaired) electrons. The number of fused-ring (bicyclic) bond motifs is 1. The summed E-state index contributed by atoms with van der Waals surface area (Å²) in [5.41, 5.74) is 3.96. The Morgan fingerprint density at radius 2 is 1.64 bits per heavy atom. The van der Waals surface area contributed by atoms with E-state index in [1.807, 2.05) is 48.0 Å². The first kappa shape index (κ1) is 17.1. The van der Waals surface area contributed by atoms with E-state index in [0.717, 1.165) is 29.8 Å². The van der Waals surface area contributed by atoms with Crippen LogP contribution in [0.3, 0.4) is 0 Å². The van der Waals surface area contributed by atoms with Crippen LogP contribution in [0.25, 0.3) is 11.0 Å². The van der Waals surface area contributed by atoms with Crippen LogP contribution in [0.4, 0.5) is 17.3 Å². The molecule has 130 valence electrons. The van der Waals surface area contributed by atoms with Crippen molar-refractivity contribution in [1.29, 1.82) is 0 Å². The zero-order valence-electron chi connectivity index (χ0n) is 15.2. The van der Waals surface area contributed by atoms with Gasteiger partial charge in [-0.1, -0.05) is 12.1 Å². The molecule has 0 saturated heterocycles. The SMILES string of the molecule is CN(C)CCN(C)c1ccc(N=Nc2nc3ccccc3n2C)cc1. The zero-order chi connectivity index (χ0) is 17.8. The fourth-order valence-electron chi connectivity index (χ4n) is 2.58. The van der Waals surface area contributed by atoms with E-state index in [1.54, 1.807) is 0 Å². The van der Waals surface area contributed by atoms with Crippen molar-refractivity contribution >= 4 is 28.4 Å². The first-order valence-corrected chi connectivity index (χ1v) is 8.34. The molecule has 6 heteroatoms. The summed E-state index contributed by atoms with van der Waals surface area (Å²) in [5.74, 6) is 0.605. The number of aryl methyl sites for hydroxylation is 1. The van der Waals surface area contributed by atoms with Crippen molar-refractivity contribution < 1.29 is 0 Å². The summed E-state index contributed by atoms with van der Waals surface area (Å²) in [7, 11) is 8.21. The van der Waals surface area contributed by atoms with Gasteiger partial charge in [-0.25, -0.2) is 4.98 Å². The van der Waals surface area contributed by atoms with Gasteiger partial charge in [0.15, 0.2) is 0 Å². The highest BCUT2D eigenvalue weighted by atomic mass is 15.3. The van der Waals surface area contributed by atoms with Crippen LogP contribution >= 0.6 is 0 Å². The first-order valence-electron chi connectivity index (χ1n) is 8.34. The molecular weight excluding hydrogens is 312 g/mol. The van der Waals surface area contributed by atoms with Gasteiger partial charge in [0.25, 0.3) is 0 Å². The second-order valence-electron chi connectivity index (χ2n) is 6.40. The number of benzene rings is 2. The normalized spacial score (nSPS) is 11.7. The summed E-state index contributed by atoms with van der Waals surface area (Å²) in [6.07, 6.45) is 0. The van der Waals surface area contributed by atoms with Gasteiger partial charge in [-0.3, -0.25) is 0 Å². The molecule has 1 heterocycles. The van der Waals surface area contributed by atoms with Gasteiger partial charge in [-0.05, 0) is 50.5 Å². The van der Waals surface area contributed by atoms with E-state index in [1.165, 1.54) is 5.69 Å². The van der Waals surface area contributed by atoms with E-state index in [9.17, 15) is 0 Å². The van der Waals surface area contributed by atoms with Crippen molar-refractivity contribution in [2.45, 2.75) is 0 Å². The van der Waals surface area contributed by atoms with Crippen LogP contribution in [-0.4, -0.2) is 48.7 Å². The van der Waals surface area contributed by atoms with E-state index in [0.29, 0.717) is 5.95 Å². The molecule has 2 aromatic carbocycles. The highest BCUT2D eigenvalue weighted by Crippen LogP contribution is 2.23. The first-order chi connectivity index (χ1) is 12.0. The third kappa shape index (κ3) is 4.03. The molecule has 0 N–H and O–H groups in total. The number of hydrogen-bond acceptors (Lipinski definition) is 5. The molecule has 25 heavy (non-hydrogen) atoms. The van der Waals surface area contributed by atoms with Crippen LogP contribution in [0.2, 0.25) is 0 Å². The molecule has 0 aliphatic rings. The van der Waals surface area contributed by atoms with Crippen molar-refractivity contribution in [3.8, 4) is 0 Å². The lowest BCUT2D eigenvalue weighted by Crippen LogP contribution is -2.28. The van der Waals surface area contributed by atoms with E-state index in [4.69, 9.17) is 0 Å². The molecular formula is C19H24N6. The third-order valence-corrected chi connectivity index (χ3v) is 4.19. The second kappa shape index (κ2) is 7.44. The van der Waals surface area contributed by atoms with Gasteiger partial charge in [-0.15, -0.1) is 10.2 Å². The van der Waals surface area contributed by atoms with Gasteiger partial charge in [-0.2, -0.15) is 0 Å². The Bertz CT molecular complexity index is 863. The molecule has 6 nitrogen and oxygen atoms in total. The lowest BCUT2D eigenvalue weighted by Gasteiger charge is -2.21. The van der Waals surface area contributed by atoms with Gasteiger partial charge in [0.2, 0.25) is 5.95 Å². The van der Waals surface area contributed by atoms with Crippen LogP contribution in [0.5, 0.6) is 0 Å². The maximum atomic E-state index is 4.50. The molecule has 0 spiro atoms. The maximum absolute atomic E-state index is 4.50. The summed E-state index contributed by atoms with van der Waals surface area (Å²) in [6.45, 7) is 2.00. The Morgan fingerprint density at radius 3 is 2.32 bits per heavy atom. The zero-order valence-corrected chi connectivity index (χ0v) is 15.2. The van der Waals surface area contributed by atoms with E-state index in [2.05, 4.69) is 58.3 Å². The predicted molar refractivity (Wildman–Crippen MR) is 103 cm³/mol. The third-order valence-electron chi connectivity index (χ3n) is 4.19. The topological polar surface area (TPSA) is 49.0 Å². The Labute approximate surface area is 148 Å². The smallest absolute Gasteiger partial charge is 0.250 e. The van der Waals surface area contributed by atoms with Crippen molar-refractivity contribution in [3.05, 3.63) is 48.5 Å². The molecule has 0 unspecified atom stereocenters. The minimum Gasteiger partial charge on any atom is -0.373 e. The fraction of sp³-hybridized carbons (Fsp3) is 0.316. The fourth-order valence-corrected chi connectivity index (χ4v) is 2.58. The minimum absolute atomic E-state index is 0.605. The number of rotatable bonds is 6. The Kier molecular flexibility index (Phi) is 5.09. The van der Waals surface area contributed by atoms with Crippen LogP contribution in [0.15, 0.2) is 58.8 Å². The highest BCUT2D eigenvalue weighted by molar-refractivity contribution is 5.77. The van der Waals surface area contributed by atoms with Crippen LogP contribution in [0.1, 0.15) is 0 Å². The summed E-state index contributed by atoms with van der Waals surface area (Å²) < 4.78 is 1.95. The second-order valence-corrected chi connectivity index (χ2v) is 6.40. The number of nitrogens with zero attached hydrogens (tertiary/aromatic N) is 6. The summed E-state index contributed by atoms with van der Waals surface area (Å²) >= 11 is 0. The van der Waals surface area contributed by atoms with Crippen molar-refractivity contribution in [3.63, 3.8) is 0 Å². The number of anilines is 1. The number of azo groups is 1. The number of para-hydroxylation sites is 2. The molecule has 0 aliphatic carbocycles. The van der Waals surface area contributed by atoms with Crippen LogP contribution in [-0.2, 0) is 7.05 Å². The van der Waals surface area contributed by atoms with E-state index < -0.39 is 0 Å². The maximum Gasteiger partial charge on any atom is 0.250 e. The van der Waals surface area contributed by atoms with Crippen LogP contribution in [0, 0.1) is 0 Å². The minimum atomic E-state index is 0.605. The quantitative estimate of drug-likeness (QED) is 0.640. The monoisotopic (exact) mass is 336 g/mol. The molecule has 0 aliphatic heterocycles. The molecule has 3 aromatic rings. The number of imidazole rings is 1. The van der Waals surface area contributed by atoms with Crippen molar-refractivity contribution in [2.75, 3.05) is 39.1 Å². The Hall–Kier alpha value is -2.73. The molecule has 3 rings (SSSR count). The van der Waals surface area contributed by atoms with Gasteiger partial charge in [0.1, 0.15) is 0 Å². The Morgan fingerprint density at radius 1 is 0.920 bits per heavy atom. The highest BCUT2D eigenvalue weighted by Gasteiger charge is 2.06. The lowest BCUT2D eigenvalue weighted by atomic mass is 10.2. The average Bonchev–Trinajstić information content (AvgIpc) is 2.94. The number of hydrogen-bond donors (Lipinski definition) is 0. The molecule has 0 amide bonds. The summed E-state index contributed by atoms with van der Waals surface area (Å²) in [6, 6.07) is 16.1. The standard InChI is InChI=1S/C19H24N6/c1-23(2)13-14-24(3)16-11-9-15(10-12-16)21-22-19-20-17-7-5-6-8-18(17)25(19)4/h5-12H,13-14H2,1-4H3. The van der Waals surface area contributed by atoms with Gasteiger partial charge in [0.05, 0.1) is 16.7 Å².